The molecule has 0 spiro atoms. The Labute approximate surface area is 124 Å². The van der Waals surface area contributed by atoms with Gasteiger partial charge < -0.3 is 4.74 Å². The van der Waals surface area contributed by atoms with Crippen molar-refractivity contribution in [2.24, 2.45) is 5.84 Å². The third kappa shape index (κ3) is 3.14. The standard InChI is InChI=1S/C15H22ClFN2O/c1-20-15(8-3-2-4-9-15)13(19-18)10-11-6-5-7-12(17)14(11)16/h5-7,13,19H,2-4,8-10,18H2,1H3. The molecular weight excluding hydrogens is 279 g/mol. The molecule has 3 N–H and O–H groups in total. The summed E-state index contributed by atoms with van der Waals surface area (Å²) in [4.78, 5) is 0. The molecular formula is C15H22ClFN2O. The van der Waals surface area contributed by atoms with Crippen molar-refractivity contribution < 1.29 is 9.13 Å². The number of methoxy groups -OCH3 is 1. The molecule has 112 valence electrons. The van der Waals surface area contributed by atoms with Gasteiger partial charge in [0.1, 0.15) is 5.82 Å². The van der Waals surface area contributed by atoms with Gasteiger partial charge in [0.2, 0.25) is 0 Å². The smallest absolute Gasteiger partial charge is 0.142 e. The summed E-state index contributed by atoms with van der Waals surface area (Å²) in [6, 6.07) is 4.79. The van der Waals surface area contributed by atoms with Crippen LogP contribution in [0, 0.1) is 5.82 Å². The van der Waals surface area contributed by atoms with E-state index in [1.54, 1.807) is 13.2 Å². The molecule has 0 bridgehead atoms. The van der Waals surface area contributed by atoms with Crippen LogP contribution in [0.1, 0.15) is 37.7 Å². The largest absolute Gasteiger partial charge is 0.377 e. The third-order valence-corrected chi connectivity index (χ3v) is 4.82. The van der Waals surface area contributed by atoms with Gasteiger partial charge in [-0.25, -0.2) is 4.39 Å². The van der Waals surface area contributed by atoms with Crippen molar-refractivity contribution in [3.05, 3.63) is 34.6 Å². The summed E-state index contributed by atoms with van der Waals surface area (Å²) in [6.45, 7) is 0. The topological polar surface area (TPSA) is 47.3 Å². The molecule has 2 rings (SSSR count). The van der Waals surface area contributed by atoms with E-state index < -0.39 is 5.82 Å². The van der Waals surface area contributed by atoms with Crippen LogP contribution in [0.15, 0.2) is 18.2 Å². The highest BCUT2D eigenvalue weighted by molar-refractivity contribution is 6.31. The molecule has 0 aromatic heterocycles. The molecule has 1 fully saturated rings. The van der Waals surface area contributed by atoms with Crippen LogP contribution in [0.25, 0.3) is 0 Å². The zero-order valence-electron chi connectivity index (χ0n) is 11.8. The Kier molecular flexibility index (Phi) is 5.38. The van der Waals surface area contributed by atoms with E-state index in [0.717, 1.165) is 31.2 Å². The van der Waals surface area contributed by atoms with Gasteiger partial charge in [-0.15, -0.1) is 0 Å². The number of benzene rings is 1. The molecule has 3 nitrogen and oxygen atoms in total. The van der Waals surface area contributed by atoms with Gasteiger partial charge in [0.15, 0.2) is 0 Å². The first kappa shape index (κ1) is 15.7. The lowest BCUT2D eigenvalue weighted by atomic mass is 9.77. The Balaban J connectivity index is 2.21. The second kappa shape index (κ2) is 6.85. The number of hydrogen-bond acceptors (Lipinski definition) is 3. The molecule has 1 atom stereocenters. The van der Waals surface area contributed by atoms with E-state index in [2.05, 4.69) is 5.43 Å². The van der Waals surface area contributed by atoms with E-state index >= 15 is 0 Å². The number of nitrogens with two attached hydrogens (primary N) is 1. The van der Waals surface area contributed by atoms with Gasteiger partial charge in [-0.2, -0.15) is 0 Å². The first-order valence-electron chi connectivity index (χ1n) is 7.07. The van der Waals surface area contributed by atoms with Crippen molar-refractivity contribution in [2.75, 3.05) is 7.11 Å². The van der Waals surface area contributed by atoms with Gasteiger partial charge in [0.25, 0.3) is 0 Å². The fourth-order valence-electron chi connectivity index (χ4n) is 3.17. The highest BCUT2D eigenvalue weighted by atomic mass is 35.5. The third-order valence-electron chi connectivity index (χ3n) is 4.40. The summed E-state index contributed by atoms with van der Waals surface area (Å²) in [5.74, 6) is 5.34. The van der Waals surface area contributed by atoms with Crippen molar-refractivity contribution in [1.29, 1.82) is 0 Å². The second-order valence-corrected chi connectivity index (χ2v) is 5.84. The predicted octanol–water partition coefficient (Wildman–Crippen LogP) is 3.20. The molecule has 1 saturated carbocycles. The predicted molar refractivity (Wildman–Crippen MR) is 79.1 cm³/mol. The molecule has 1 aromatic carbocycles. The van der Waals surface area contributed by atoms with E-state index in [1.807, 2.05) is 6.07 Å². The van der Waals surface area contributed by atoms with Crippen LogP contribution in [0.4, 0.5) is 4.39 Å². The van der Waals surface area contributed by atoms with Gasteiger partial charge >= 0.3 is 0 Å². The number of hydrogen-bond donors (Lipinski definition) is 2. The van der Waals surface area contributed by atoms with Gasteiger partial charge in [-0.3, -0.25) is 11.3 Å². The van der Waals surface area contributed by atoms with Crippen molar-refractivity contribution >= 4 is 11.6 Å². The van der Waals surface area contributed by atoms with Crippen LogP contribution in [0.5, 0.6) is 0 Å². The Morgan fingerprint density at radius 2 is 2.10 bits per heavy atom. The van der Waals surface area contributed by atoms with Crippen molar-refractivity contribution in [2.45, 2.75) is 50.2 Å². The lowest BCUT2D eigenvalue weighted by molar-refractivity contribution is -0.0673. The van der Waals surface area contributed by atoms with E-state index in [0.29, 0.717) is 6.42 Å². The monoisotopic (exact) mass is 300 g/mol. The maximum Gasteiger partial charge on any atom is 0.142 e. The average Bonchev–Trinajstić information content (AvgIpc) is 2.49. The zero-order valence-corrected chi connectivity index (χ0v) is 12.5. The second-order valence-electron chi connectivity index (χ2n) is 5.47. The minimum atomic E-state index is -0.393. The molecule has 20 heavy (non-hydrogen) atoms. The molecule has 1 aliphatic carbocycles. The van der Waals surface area contributed by atoms with Crippen LogP contribution in [0.3, 0.4) is 0 Å². The van der Waals surface area contributed by atoms with Crippen LogP contribution < -0.4 is 11.3 Å². The van der Waals surface area contributed by atoms with Gasteiger partial charge in [0, 0.05) is 7.11 Å². The zero-order chi connectivity index (χ0) is 14.6. The normalized spacial score (nSPS) is 19.8. The summed E-state index contributed by atoms with van der Waals surface area (Å²) in [5, 5.41) is 0.176. The molecule has 5 heteroatoms. The lowest BCUT2D eigenvalue weighted by Gasteiger charge is -2.42. The van der Waals surface area contributed by atoms with Crippen LogP contribution >= 0.6 is 11.6 Å². The number of rotatable bonds is 5. The maximum absolute atomic E-state index is 13.5. The number of hydrazine groups is 1. The highest BCUT2D eigenvalue weighted by Gasteiger charge is 2.39. The number of halogens is 2. The van der Waals surface area contributed by atoms with Gasteiger partial charge in [0.05, 0.1) is 16.7 Å². The van der Waals surface area contributed by atoms with E-state index in [1.165, 1.54) is 12.5 Å². The Morgan fingerprint density at radius 3 is 2.70 bits per heavy atom. The molecule has 0 amide bonds. The summed E-state index contributed by atoms with van der Waals surface area (Å²) in [5.41, 5.74) is 3.32. The van der Waals surface area contributed by atoms with Gasteiger partial charge in [-0.05, 0) is 30.9 Å². The minimum Gasteiger partial charge on any atom is -0.377 e. The molecule has 1 unspecified atom stereocenters. The maximum atomic E-state index is 13.5. The molecule has 0 saturated heterocycles. The van der Waals surface area contributed by atoms with Crippen molar-refractivity contribution in [1.82, 2.24) is 5.43 Å². The molecule has 1 aromatic rings. The molecule has 1 aliphatic rings. The summed E-state index contributed by atoms with van der Waals surface area (Å²) in [7, 11) is 1.73. The SMILES string of the molecule is COC1(C(Cc2cccc(F)c2Cl)NN)CCCCC1. The van der Waals surface area contributed by atoms with E-state index in [-0.39, 0.29) is 16.7 Å². The average molecular weight is 301 g/mol. The molecule has 0 radical (unpaired) electrons. The molecule has 0 aliphatic heterocycles. The Hall–Kier alpha value is -0.680. The Bertz CT molecular complexity index is 449. The fourth-order valence-corrected chi connectivity index (χ4v) is 3.37. The fraction of sp³-hybridized carbons (Fsp3) is 0.600. The quantitative estimate of drug-likeness (QED) is 0.648. The van der Waals surface area contributed by atoms with Crippen LogP contribution in [0.2, 0.25) is 5.02 Å². The first-order valence-corrected chi connectivity index (χ1v) is 7.45. The first-order chi connectivity index (χ1) is 9.63. The summed E-state index contributed by atoms with van der Waals surface area (Å²) < 4.78 is 19.3. The highest BCUT2D eigenvalue weighted by Crippen LogP contribution is 2.36. The van der Waals surface area contributed by atoms with Crippen molar-refractivity contribution in [3.63, 3.8) is 0 Å². The minimum absolute atomic E-state index is 0.0768. The number of nitrogens with one attached hydrogen (secondary N) is 1. The number of ether oxygens (including phenoxy) is 1. The molecule has 0 heterocycles. The van der Waals surface area contributed by atoms with Gasteiger partial charge in [-0.1, -0.05) is 43.0 Å². The van der Waals surface area contributed by atoms with Crippen LogP contribution in [-0.4, -0.2) is 18.8 Å². The van der Waals surface area contributed by atoms with Crippen LogP contribution in [-0.2, 0) is 11.2 Å². The summed E-state index contributed by atoms with van der Waals surface area (Å²) in [6.07, 6.45) is 5.96. The lowest BCUT2D eigenvalue weighted by Crippen LogP contribution is -2.56. The van der Waals surface area contributed by atoms with Crippen molar-refractivity contribution in [3.8, 4) is 0 Å². The Morgan fingerprint density at radius 1 is 1.40 bits per heavy atom. The summed E-state index contributed by atoms with van der Waals surface area (Å²) >= 11 is 6.04. The van der Waals surface area contributed by atoms with E-state index in [9.17, 15) is 4.39 Å². The van der Waals surface area contributed by atoms with E-state index in [4.69, 9.17) is 22.2 Å².